The van der Waals surface area contributed by atoms with Gasteiger partial charge >= 0.3 is 7.82 Å². The van der Waals surface area contributed by atoms with E-state index in [2.05, 4.69) is 45.2 Å². The molecule has 0 bridgehead atoms. The van der Waals surface area contributed by atoms with Gasteiger partial charge in [0.25, 0.3) is 0 Å². The Bertz CT molecular complexity index is 1620. The Labute approximate surface area is 510 Å². The van der Waals surface area contributed by atoms with Crippen LogP contribution in [-0.4, -0.2) is 146 Å². The molecule has 0 saturated carbocycles. The summed E-state index contributed by atoms with van der Waals surface area (Å²) in [7, 11) is -2.01. The summed E-state index contributed by atoms with van der Waals surface area (Å²) in [6, 6.07) is -1.20. The fraction of sp³-hybridized carbons (Fsp3) is 0.939. The lowest BCUT2D eigenvalue weighted by molar-refractivity contribution is -0.329. The van der Waals surface area contributed by atoms with Crippen LogP contribution in [0.2, 0.25) is 0 Å². The second-order valence-electron chi connectivity index (χ2n) is 24.1. The molecule has 2 fully saturated rings. The SMILES string of the molecule is CCCCCCC=CCCCCCCCCCCO[C@H]1[C@H](OC[C@H]2O[C@H](O)[C@H](NC(=O)CC(=O)CCCCCCCCCCC)[C@@H](OCCCCCCCCCC)[C@@H]2O)O[C@H](COC)[C@@H](OP(=O)(O)O)[C@@H]1OCC[C@@H](CCCCCCC)OC. The van der Waals surface area contributed by atoms with Gasteiger partial charge in [0.05, 0.1) is 25.7 Å². The molecule has 0 aromatic carbocycles. The third kappa shape index (κ3) is 38.2. The van der Waals surface area contributed by atoms with Gasteiger partial charge in [-0.15, -0.1) is 0 Å². The molecule has 11 atom stereocenters. The van der Waals surface area contributed by atoms with E-state index in [9.17, 15) is 34.2 Å². The molecule has 18 heteroatoms. The third-order valence-corrected chi connectivity index (χ3v) is 17.0. The average Bonchev–Trinajstić information content (AvgIpc) is 2.23. The minimum Gasteiger partial charge on any atom is -0.388 e. The fourth-order valence-electron chi connectivity index (χ4n) is 11.4. The minimum absolute atomic E-state index is 0.114. The maximum atomic E-state index is 13.5. The van der Waals surface area contributed by atoms with Gasteiger partial charge in [0, 0.05) is 40.5 Å². The number of rotatable bonds is 58. The molecule has 2 saturated heterocycles. The molecule has 0 spiro atoms. The van der Waals surface area contributed by atoms with Crippen LogP contribution in [0.15, 0.2) is 12.2 Å². The molecule has 1 amide bonds. The van der Waals surface area contributed by atoms with Crippen molar-refractivity contribution in [2.24, 2.45) is 0 Å². The van der Waals surface area contributed by atoms with Crippen molar-refractivity contribution in [3.63, 3.8) is 0 Å². The van der Waals surface area contributed by atoms with Gasteiger partial charge in [-0.2, -0.15) is 0 Å². The van der Waals surface area contributed by atoms with Gasteiger partial charge in [0.15, 0.2) is 12.6 Å². The molecule has 5 N–H and O–H groups in total. The molecule has 496 valence electrons. The van der Waals surface area contributed by atoms with Crippen LogP contribution in [0.25, 0.3) is 0 Å². The van der Waals surface area contributed by atoms with Gasteiger partial charge < -0.3 is 63.2 Å². The first-order valence-electron chi connectivity index (χ1n) is 34.2. The molecule has 84 heavy (non-hydrogen) atoms. The van der Waals surface area contributed by atoms with E-state index >= 15 is 0 Å². The van der Waals surface area contributed by atoms with Gasteiger partial charge in [-0.05, 0) is 57.8 Å². The Morgan fingerprint density at radius 1 is 0.512 bits per heavy atom. The van der Waals surface area contributed by atoms with E-state index in [0.29, 0.717) is 25.7 Å². The Kier molecular flexibility index (Phi) is 49.1. The Hall–Kier alpha value is -1.41. The van der Waals surface area contributed by atoms with Crippen molar-refractivity contribution < 1.29 is 76.6 Å². The fourth-order valence-corrected chi connectivity index (χ4v) is 12.0. The number of amides is 1. The first kappa shape index (κ1) is 78.7. The maximum absolute atomic E-state index is 13.5. The standard InChI is InChI=1S/C66H126NO16P/c1-7-11-15-19-22-25-26-27-28-29-30-31-33-36-40-44-49-78-64-63(79-50-47-55(76-6)46-42-37-18-14-10-4)61(83-84(72,73)74)57(52-75-5)82-66(64)80-53-56-60(70)62(77-48-43-39-35-24-21-17-13-9-3)59(65(71)81-56)67-58(69)51-54(68)45-41-38-34-32-23-20-16-12-8-2/h25-26,55-57,59-66,70-71H,7-24,27-53H2,1-6H3,(H,67,69)(H2,72,73,74)/t55-,56-,57-,59-,60-,61-,62-,63+,64-,65+,66-/m1/s1. The van der Waals surface area contributed by atoms with Crippen LogP contribution in [0.3, 0.4) is 0 Å². The van der Waals surface area contributed by atoms with Crippen molar-refractivity contribution in [2.45, 2.75) is 352 Å². The molecular formula is C66H126NO16P. The number of nitrogens with one attached hydrogen (secondary N) is 1. The molecule has 0 aliphatic carbocycles. The molecule has 0 unspecified atom stereocenters. The molecule has 17 nitrogen and oxygen atoms in total. The number of hydrogen-bond donors (Lipinski definition) is 5. The Morgan fingerprint density at radius 2 is 0.976 bits per heavy atom. The number of aliphatic hydroxyl groups excluding tert-OH is 2. The second kappa shape index (κ2) is 52.4. The zero-order chi connectivity index (χ0) is 61.3. The van der Waals surface area contributed by atoms with Gasteiger partial charge in [-0.3, -0.25) is 14.1 Å². The van der Waals surface area contributed by atoms with E-state index in [1.807, 2.05) is 0 Å². The highest BCUT2D eigenvalue weighted by Gasteiger charge is 2.52. The highest BCUT2D eigenvalue weighted by molar-refractivity contribution is 7.46. The van der Waals surface area contributed by atoms with Crippen molar-refractivity contribution >= 4 is 19.5 Å². The lowest BCUT2D eigenvalue weighted by Crippen LogP contribution is -2.66. The summed E-state index contributed by atoms with van der Waals surface area (Å²) in [5.74, 6) is -0.781. The highest BCUT2D eigenvalue weighted by atomic mass is 31.2. The first-order valence-corrected chi connectivity index (χ1v) is 35.7. The summed E-state index contributed by atoms with van der Waals surface area (Å²) in [6.07, 6.45) is 34.6. The molecule has 2 rings (SSSR count). The Morgan fingerprint density at radius 3 is 1.49 bits per heavy atom. The zero-order valence-electron chi connectivity index (χ0n) is 54.0. The van der Waals surface area contributed by atoms with Gasteiger partial charge in [0.1, 0.15) is 54.6 Å². The van der Waals surface area contributed by atoms with Crippen LogP contribution >= 0.6 is 7.82 Å². The lowest BCUT2D eigenvalue weighted by atomic mass is 9.96. The maximum Gasteiger partial charge on any atom is 0.470 e. The quantitative estimate of drug-likeness (QED) is 0.0165. The average molecular weight is 1220 g/mol. The number of unbranched alkanes of at least 4 members (excludes halogenated alkanes) is 31. The number of ketones is 1. The van der Waals surface area contributed by atoms with Crippen LogP contribution in [0, 0.1) is 0 Å². The lowest BCUT2D eigenvalue weighted by Gasteiger charge is -2.47. The largest absolute Gasteiger partial charge is 0.470 e. The van der Waals surface area contributed by atoms with Crippen molar-refractivity contribution in [1.82, 2.24) is 5.32 Å². The molecule has 2 aliphatic rings. The third-order valence-electron chi connectivity index (χ3n) is 16.5. The number of phosphoric acid groups is 1. The van der Waals surface area contributed by atoms with Crippen LogP contribution in [0.4, 0.5) is 0 Å². The highest BCUT2D eigenvalue weighted by Crippen LogP contribution is 2.43. The summed E-state index contributed by atoms with van der Waals surface area (Å²) in [6.45, 7) is 8.98. The summed E-state index contributed by atoms with van der Waals surface area (Å²) >= 11 is 0. The number of allylic oxidation sites excluding steroid dienone is 2. The van der Waals surface area contributed by atoms with E-state index in [-0.39, 0.29) is 57.8 Å². The van der Waals surface area contributed by atoms with Crippen molar-refractivity contribution in [1.29, 1.82) is 0 Å². The molecule has 2 aliphatic heterocycles. The zero-order valence-corrected chi connectivity index (χ0v) is 54.9. The number of carbonyl (C=O) groups is 2. The molecule has 0 aromatic heterocycles. The predicted octanol–water partition coefficient (Wildman–Crippen LogP) is 14.4. The smallest absolute Gasteiger partial charge is 0.388 e. The molecule has 0 radical (unpaired) electrons. The number of phosphoric ester groups is 1. The number of carbonyl (C=O) groups excluding carboxylic acids is 2. The number of ether oxygens (including phenoxy) is 8. The van der Waals surface area contributed by atoms with Crippen LogP contribution in [0.5, 0.6) is 0 Å². The van der Waals surface area contributed by atoms with E-state index in [0.717, 1.165) is 103 Å². The van der Waals surface area contributed by atoms with Crippen LogP contribution < -0.4 is 5.32 Å². The van der Waals surface area contributed by atoms with Crippen LogP contribution in [-0.2, 0) is 56.6 Å². The number of methoxy groups -OCH3 is 2. The van der Waals surface area contributed by atoms with Crippen molar-refractivity contribution in [3.8, 4) is 0 Å². The monoisotopic (exact) mass is 1220 g/mol. The van der Waals surface area contributed by atoms with E-state index in [1.54, 1.807) is 7.11 Å². The summed E-state index contributed by atoms with van der Waals surface area (Å²) < 4.78 is 68.1. The summed E-state index contributed by atoms with van der Waals surface area (Å²) in [5.41, 5.74) is 0. The minimum atomic E-state index is -5.13. The number of Topliss-reactive ketones (excluding diaryl/α,β-unsaturated/α-hetero) is 1. The Balaban J connectivity index is 2.28. The molecular weight excluding hydrogens is 1090 g/mol. The van der Waals surface area contributed by atoms with E-state index < -0.39 is 75.1 Å². The van der Waals surface area contributed by atoms with Crippen molar-refractivity contribution in [2.75, 3.05) is 47.3 Å². The van der Waals surface area contributed by atoms with E-state index in [4.69, 9.17) is 42.4 Å². The molecule has 0 aromatic rings. The number of hydrogen-bond acceptors (Lipinski definition) is 14. The summed E-state index contributed by atoms with van der Waals surface area (Å²) in [4.78, 5) is 47.1. The second-order valence-corrected chi connectivity index (χ2v) is 25.3. The first-order chi connectivity index (χ1) is 40.8. The van der Waals surface area contributed by atoms with Gasteiger partial charge in [-0.1, -0.05) is 226 Å². The predicted molar refractivity (Wildman–Crippen MR) is 334 cm³/mol. The number of aliphatic hydroxyl groups is 2. The van der Waals surface area contributed by atoms with Gasteiger partial charge in [-0.25, -0.2) is 4.57 Å². The molecule has 2 heterocycles. The van der Waals surface area contributed by atoms with Gasteiger partial charge in [0.2, 0.25) is 5.91 Å². The summed E-state index contributed by atoms with van der Waals surface area (Å²) in [5, 5.41) is 26.5. The topological polar surface area (TPSA) is 227 Å². The normalized spacial score (nSPS) is 23.4. The van der Waals surface area contributed by atoms with Crippen LogP contribution in [0.1, 0.15) is 285 Å². The van der Waals surface area contributed by atoms with E-state index in [1.165, 1.54) is 123 Å². The van der Waals surface area contributed by atoms with Crippen molar-refractivity contribution in [3.05, 3.63) is 12.2 Å².